The maximum Gasteiger partial charge on any atom is 0.315 e. The van der Waals surface area contributed by atoms with Crippen molar-refractivity contribution in [2.75, 3.05) is 12.4 Å². The van der Waals surface area contributed by atoms with E-state index in [0.717, 1.165) is 16.5 Å². The lowest BCUT2D eigenvalue weighted by molar-refractivity contribution is -0.139. The first-order chi connectivity index (χ1) is 6.72. The Kier molecular flexibility index (Phi) is 4.97. The van der Waals surface area contributed by atoms with Crippen LogP contribution in [-0.4, -0.2) is 23.3 Å². The first-order valence-corrected chi connectivity index (χ1v) is 6.40. The van der Waals surface area contributed by atoms with Gasteiger partial charge in [-0.05, 0) is 13.8 Å². The first-order valence-electron chi connectivity index (χ1n) is 4.36. The molecule has 0 amide bonds. The molecule has 1 aromatic rings. The van der Waals surface area contributed by atoms with Crippen molar-refractivity contribution in [2.45, 2.75) is 19.6 Å². The third-order valence-electron chi connectivity index (χ3n) is 1.44. The van der Waals surface area contributed by atoms with Crippen LogP contribution >= 0.6 is 23.1 Å². The average Bonchev–Trinajstić information content (AvgIpc) is 2.52. The fourth-order valence-corrected chi connectivity index (χ4v) is 2.34. The van der Waals surface area contributed by atoms with Gasteiger partial charge in [0.25, 0.3) is 0 Å². The molecule has 14 heavy (non-hydrogen) atoms. The number of carbonyl (C=O) groups is 1. The van der Waals surface area contributed by atoms with Gasteiger partial charge in [0.1, 0.15) is 0 Å². The standard InChI is InChI=1S/C9H13NO2S2/c1-3-12-9(11)6-13-4-8-5-14-7(2)10-8/h5H,3-4,6H2,1-2H3. The summed E-state index contributed by atoms with van der Waals surface area (Å²) in [5.74, 6) is 1.04. The molecule has 78 valence electrons. The number of carbonyl (C=O) groups excluding carboxylic acids is 1. The number of thioether (sulfide) groups is 1. The summed E-state index contributed by atoms with van der Waals surface area (Å²) in [5, 5.41) is 3.09. The summed E-state index contributed by atoms with van der Waals surface area (Å²) >= 11 is 3.17. The second-order valence-electron chi connectivity index (χ2n) is 2.66. The number of aryl methyl sites for hydroxylation is 1. The molecule has 0 unspecified atom stereocenters. The van der Waals surface area contributed by atoms with Gasteiger partial charge < -0.3 is 4.74 Å². The molecule has 0 aliphatic rings. The van der Waals surface area contributed by atoms with Crippen molar-refractivity contribution >= 4 is 29.1 Å². The minimum absolute atomic E-state index is 0.149. The zero-order valence-corrected chi connectivity index (χ0v) is 9.91. The van der Waals surface area contributed by atoms with E-state index >= 15 is 0 Å². The topological polar surface area (TPSA) is 39.2 Å². The minimum atomic E-state index is -0.149. The second-order valence-corrected chi connectivity index (χ2v) is 4.70. The number of rotatable bonds is 5. The fourth-order valence-electron chi connectivity index (χ4n) is 0.916. The molecule has 0 spiro atoms. The second kappa shape index (κ2) is 6.03. The minimum Gasteiger partial charge on any atom is -0.465 e. The van der Waals surface area contributed by atoms with E-state index in [1.165, 1.54) is 11.8 Å². The van der Waals surface area contributed by atoms with Crippen LogP contribution in [0.25, 0.3) is 0 Å². The quantitative estimate of drug-likeness (QED) is 0.729. The zero-order valence-electron chi connectivity index (χ0n) is 8.28. The summed E-state index contributed by atoms with van der Waals surface area (Å²) in [5.41, 5.74) is 1.04. The predicted octanol–water partition coefficient (Wildman–Crippen LogP) is 2.25. The van der Waals surface area contributed by atoms with E-state index < -0.39 is 0 Å². The van der Waals surface area contributed by atoms with Gasteiger partial charge in [-0.3, -0.25) is 4.79 Å². The smallest absolute Gasteiger partial charge is 0.315 e. The highest BCUT2D eigenvalue weighted by molar-refractivity contribution is 7.99. The Bertz CT molecular complexity index is 299. The lowest BCUT2D eigenvalue weighted by atomic mass is 10.6. The summed E-state index contributed by atoms with van der Waals surface area (Å²) in [7, 11) is 0. The van der Waals surface area contributed by atoms with Crippen molar-refractivity contribution in [3.05, 3.63) is 16.1 Å². The first kappa shape index (κ1) is 11.5. The van der Waals surface area contributed by atoms with E-state index in [1.54, 1.807) is 11.3 Å². The molecule has 5 heteroatoms. The third-order valence-corrected chi connectivity index (χ3v) is 3.20. The van der Waals surface area contributed by atoms with Crippen molar-refractivity contribution in [2.24, 2.45) is 0 Å². The Labute approximate surface area is 91.9 Å². The molecule has 1 heterocycles. The summed E-state index contributed by atoms with van der Waals surface area (Å²) in [4.78, 5) is 15.3. The van der Waals surface area contributed by atoms with Gasteiger partial charge in [0.2, 0.25) is 0 Å². The monoisotopic (exact) mass is 231 g/mol. The van der Waals surface area contributed by atoms with Gasteiger partial charge in [0.15, 0.2) is 0 Å². The van der Waals surface area contributed by atoms with Crippen LogP contribution in [0.2, 0.25) is 0 Å². The molecule has 3 nitrogen and oxygen atoms in total. The summed E-state index contributed by atoms with van der Waals surface area (Å²) in [6.07, 6.45) is 0. The normalized spacial score (nSPS) is 10.1. The van der Waals surface area contributed by atoms with E-state index in [0.29, 0.717) is 12.4 Å². The van der Waals surface area contributed by atoms with Crippen molar-refractivity contribution in [1.29, 1.82) is 0 Å². The van der Waals surface area contributed by atoms with E-state index in [4.69, 9.17) is 4.74 Å². The number of thiazole rings is 1. The van der Waals surface area contributed by atoms with E-state index in [-0.39, 0.29) is 5.97 Å². The van der Waals surface area contributed by atoms with Crippen LogP contribution in [0, 0.1) is 6.92 Å². The van der Waals surface area contributed by atoms with Crippen molar-refractivity contribution in [1.82, 2.24) is 4.98 Å². The van der Waals surface area contributed by atoms with Crippen molar-refractivity contribution < 1.29 is 9.53 Å². The molecule has 0 aliphatic heterocycles. The van der Waals surface area contributed by atoms with E-state index in [1.807, 2.05) is 19.2 Å². The number of aromatic nitrogens is 1. The summed E-state index contributed by atoms with van der Waals surface area (Å²) < 4.78 is 4.81. The largest absolute Gasteiger partial charge is 0.465 e. The van der Waals surface area contributed by atoms with Gasteiger partial charge in [-0.25, -0.2) is 4.98 Å². The van der Waals surface area contributed by atoms with E-state index in [9.17, 15) is 4.79 Å². The van der Waals surface area contributed by atoms with E-state index in [2.05, 4.69) is 4.98 Å². The highest BCUT2D eigenvalue weighted by Gasteiger charge is 2.03. The molecule has 0 N–H and O–H groups in total. The van der Waals surface area contributed by atoms with Crippen LogP contribution < -0.4 is 0 Å². The Balaban J connectivity index is 2.18. The molecule has 0 fully saturated rings. The SMILES string of the molecule is CCOC(=O)CSCc1csc(C)n1. The molecule has 0 aromatic carbocycles. The number of hydrogen-bond donors (Lipinski definition) is 0. The number of hydrogen-bond acceptors (Lipinski definition) is 5. The predicted molar refractivity (Wildman–Crippen MR) is 59.6 cm³/mol. The lowest BCUT2D eigenvalue weighted by Gasteiger charge is -1.99. The van der Waals surface area contributed by atoms with Crippen LogP contribution in [-0.2, 0) is 15.3 Å². The van der Waals surface area contributed by atoms with Crippen LogP contribution in [0.1, 0.15) is 17.6 Å². The maximum atomic E-state index is 11.0. The molecule has 0 radical (unpaired) electrons. The molecule has 0 saturated heterocycles. The molecule has 1 rings (SSSR count). The Morgan fingerprint density at radius 3 is 3.07 bits per heavy atom. The van der Waals surface area contributed by atoms with Gasteiger partial charge in [0.05, 0.1) is 23.1 Å². The third kappa shape index (κ3) is 4.11. The average molecular weight is 231 g/mol. The molecule has 0 bridgehead atoms. The van der Waals surface area contributed by atoms with Gasteiger partial charge >= 0.3 is 5.97 Å². The number of nitrogens with zero attached hydrogens (tertiary/aromatic N) is 1. The van der Waals surface area contributed by atoms with Crippen LogP contribution in [0.15, 0.2) is 5.38 Å². The van der Waals surface area contributed by atoms with Crippen molar-refractivity contribution in [3.8, 4) is 0 Å². The van der Waals surface area contributed by atoms with Gasteiger partial charge in [0, 0.05) is 11.1 Å². The molecule has 1 aromatic heterocycles. The Hall–Kier alpha value is -0.550. The Morgan fingerprint density at radius 1 is 1.71 bits per heavy atom. The maximum absolute atomic E-state index is 11.0. The highest BCUT2D eigenvalue weighted by Crippen LogP contribution is 2.14. The van der Waals surface area contributed by atoms with Crippen LogP contribution in [0.3, 0.4) is 0 Å². The zero-order chi connectivity index (χ0) is 10.4. The lowest BCUT2D eigenvalue weighted by Crippen LogP contribution is -2.06. The molecule has 0 aliphatic carbocycles. The van der Waals surface area contributed by atoms with Gasteiger partial charge in [-0.2, -0.15) is 0 Å². The van der Waals surface area contributed by atoms with Crippen molar-refractivity contribution in [3.63, 3.8) is 0 Å². The Morgan fingerprint density at radius 2 is 2.50 bits per heavy atom. The molecule has 0 atom stereocenters. The van der Waals surface area contributed by atoms with Crippen LogP contribution in [0.5, 0.6) is 0 Å². The number of esters is 1. The number of ether oxygens (including phenoxy) is 1. The highest BCUT2D eigenvalue weighted by atomic mass is 32.2. The molecular weight excluding hydrogens is 218 g/mol. The fraction of sp³-hybridized carbons (Fsp3) is 0.556. The molecule has 0 saturated carbocycles. The van der Waals surface area contributed by atoms with Crippen LogP contribution in [0.4, 0.5) is 0 Å². The van der Waals surface area contributed by atoms with Gasteiger partial charge in [-0.1, -0.05) is 0 Å². The summed E-state index contributed by atoms with van der Waals surface area (Å²) in [6.45, 7) is 4.24. The molecular formula is C9H13NO2S2. The van der Waals surface area contributed by atoms with Gasteiger partial charge in [-0.15, -0.1) is 23.1 Å². The summed E-state index contributed by atoms with van der Waals surface area (Å²) in [6, 6.07) is 0.